The molecule has 7 rings (SSSR count). The van der Waals surface area contributed by atoms with E-state index in [1.165, 1.54) is 12.4 Å². The lowest BCUT2D eigenvalue weighted by atomic mass is 9.98. The van der Waals surface area contributed by atoms with Crippen molar-refractivity contribution >= 4 is 39.2 Å². The van der Waals surface area contributed by atoms with Crippen molar-refractivity contribution < 1.29 is 0 Å². The number of fused-ring (bicyclic) bond motifs is 2. The summed E-state index contributed by atoms with van der Waals surface area (Å²) in [5, 5.41) is 5.14. The molecule has 0 aliphatic heterocycles. The van der Waals surface area contributed by atoms with E-state index in [9.17, 15) is 9.59 Å². The fraction of sp³-hybridized carbons (Fsp3) is 0.0606. The lowest BCUT2D eigenvalue weighted by molar-refractivity contribution is 0.774. The van der Waals surface area contributed by atoms with Crippen LogP contribution in [0.5, 0.6) is 0 Å². The van der Waals surface area contributed by atoms with Crippen molar-refractivity contribution in [3.63, 3.8) is 0 Å². The molecule has 0 radical (unpaired) electrons. The maximum Gasteiger partial charge on any atom is 0.263 e. The predicted molar refractivity (Wildman–Crippen MR) is 169 cm³/mol. The Hall–Kier alpha value is -5.54. The van der Waals surface area contributed by atoms with Gasteiger partial charge >= 0.3 is 0 Å². The molecule has 5 heterocycles. The average Bonchev–Trinajstić information content (AvgIpc) is 3.58. The van der Waals surface area contributed by atoms with Gasteiger partial charge < -0.3 is 14.9 Å². The van der Waals surface area contributed by atoms with E-state index in [1.807, 2.05) is 96.7 Å². The van der Waals surface area contributed by atoms with Crippen LogP contribution in [-0.2, 0) is 0 Å². The molecule has 2 aromatic carbocycles. The summed E-state index contributed by atoms with van der Waals surface area (Å²) in [6.45, 7) is 1.88. The molecule has 0 fully saturated rings. The molecule has 0 amide bonds. The van der Waals surface area contributed by atoms with E-state index in [0.29, 0.717) is 44.0 Å². The van der Waals surface area contributed by atoms with Crippen LogP contribution in [0.3, 0.4) is 0 Å². The summed E-state index contributed by atoms with van der Waals surface area (Å²) >= 11 is 7.21. The number of H-pyrrole nitrogens is 1. The van der Waals surface area contributed by atoms with Crippen LogP contribution in [0.1, 0.15) is 18.7 Å². The number of nitrogens with zero attached hydrogens (tertiary/aromatic N) is 5. The highest BCUT2D eigenvalue weighted by molar-refractivity contribution is 6.36. The van der Waals surface area contributed by atoms with Gasteiger partial charge in [0.05, 0.1) is 22.1 Å². The molecule has 5 aromatic heterocycles. The topological polar surface area (TPSA) is 110 Å². The van der Waals surface area contributed by atoms with Gasteiger partial charge in [-0.2, -0.15) is 0 Å². The fourth-order valence-electron chi connectivity index (χ4n) is 5.46. The third kappa shape index (κ3) is 4.56. The number of anilines is 1. The highest BCUT2D eigenvalue weighted by Gasteiger charge is 2.24. The Morgan fingerprint density at radius 2 is 1.67 bits per heavy atom. The molecule has 0 bridgehead atoms. The lowest BCUT2D eigenvalue weighted by Gasteiger charge is -2.24. The predicted octanol–water partition coefficient (Wildman–Crippen LogP) is 6.30. The van der Waals surface area contributed by atoms with Gasteiger partial charge in [-0.15, -0.1) is 0 Å². The van der Waals surface area contributed by atoms with E-state index in [2.05, 4.69) is 25.3 Å². The first kappa shape index (κ1) is 26.4. The number of rotatable bonds is 6. The normalized spacial score (nSPS) is 12.0. The number of aromatic amines is 1. The van der Waals surface area contributed by atoms with Crippen LogP contribution < -0.4 is 16.3 Å². The second-order valence-electron chi connectivity index (χ2n) is 10.1. The lowest BCUT2D eigenvalue weighted by Crippen LogP contribution is -2.27. The molecular formula is C33H24ClN7O2. The summed E-state index contributed by atoms with van der Waals surface area (Å²) in [7, 11) is 0. The summed E-state index contributed by atoms with van der Waals surface area (Å²) in [5.74, 6) is 1.11. The Morgan fingerprint density at radius 1 is 0.860 bits per heavy atom. The van der Waals surface area contributed by atoms with Crippen LogP contribution in [0.2, 0.25) is 5.02 Å². The largest absolute Gasteiger partial charge is 0.361 e. The first-order valence-electron chi connectivity index (χ1n) is 13.6. The minimum absolute atomic E-state index is 0.227. The van der Waals surface area contributed by atoms with Gasteiger partial charge in [0.2, 0.25) is 0 Å². The summed E-state index contributed by atoms with van der Waals surface area (Å²) < 4.78 is 3.54. The number of para-hydroxylation sites is 1. The summed E-state index contributed by atoms with van der Waals surface area (Å²) in [5.41, 5.74) is 2.65. The molecule has 1 atom stereocenters. The number of aromatic nitrogens is 6. The number of hydrogen-bond acceptors (Lipinski definition) is 6. The van der Waals surface area contributed by atoms with Crippen LogP contribution in [0.4, 0.5) is 5.82 Å². The summed E-state index contributed by atoms with van der Waals surface area (Å²) in [6.07, 6.45) is 8.53. The summed E-state index contributed by atoms with van der Waals surface area (Å²) in [4.78, 5) is 43.4. The molecule has 10 heteroatoms. The van der Waals surface area contributed by atoms with E-state index in [4.69, 9.17) is 11.6 Å². The number of halogens is 1. The highest BCUT2D eigenvalue weighted by Crippen LogP contribution is 2.36. The van der Waals surface area contributed by atoms with Gasteiger partial charge in [0.25, 0.3) is 5.56 Å². The summed E-state index contributed by atoms with van der Waals surface area (Å²) in [6, 6.07) is 23.6. The van der Waals surface area contributed by atoms with Crippen LogP contribution >= 0.6 is 11.6 Å². The van der Waals surface area contributed by atoms with Crippen molar-refractivity contribution in [1.29, 1.82) is 0 Å². The number of hydrogen-bond donors (Lipinski definition) is 2. The minimum atomic E-state index is -0.534. The third-order valence-electron chi connectivity index (χ3n) is 7.44. The van der Waals surface area contributed by atoms with Crippen molar-refractivity contribution in [2.45, 2.75) is 13.0 Å². The smallest absolute Gasteiger partial charge is 0.263 e. The van der Waals surface area contributed by atoms with E-state index in [0.717, 1.165) is 16.9 Å². The zero-order chi connectivity index (χ0) is 29.5. The molecule has 2 N–H and O–H groups in total. The molecule has 0 spiro atoms. The van der Waals surface area contributed by atoms with Gasteiger partial charge in [-0.3, -0.25) is 14.2 Å². The van der Waals surface area contributed by atoms with Gasteiger partial charge in [-0.1, -0.05) is 48.0 Å². The Morgan fingerprint density at radius 3 is 2.44 bits per heavy atom. The molecule has 7 aromatic rings. The van der Waals surface area contributed by atoms with Crippen LogP contribution in [0, 0.1) is 0 Å². The van der Waals surface area contributed by atoms with Crippen molar-refractivity contribution in [2.24, 2.45) is 0 Å². The Bertz CT molecular complexity index is 2220. The van der Waals surface area contributed by atoms with Gasteiger partial charge in [-0.05, 0) is 48.9 Å². The molecule has 210 valence electrons. The van der Waals surface area contributed by atoms with Crippen molar-refractivity contribution in [2.75, 3.05) is 5.32 Å². The van der Waals surface area contributed by atoms with Crippen molar-refractivity contribution in [3.05, 3.63) is 141 Å². The molecular weight excluding hydrogens is 562 g/mol. The molecule has 43 heavy (non-hydrogen) atoms. The quantitative estimate of drug-likeness (QED) is 0.237. The first-order chi connectivity index (χ1) is 21.0. The Kier molecular flexibility index (Phi) is 6.56. The van der Waals surface area contributed by atoms with E-state index >= 15 is 0 Å². The van der Waals surface area contributed by atoms with Gasteiger partial charge in [0, 0.05) is 47.5 Å². The molecule has 0 aliphatic carbocycles. The molecule has 0 saturated carbocycles. The van der Waals surface area contributed by atoms with E-state index in [-0.39, 0.29) is 11.0 Å². The monoisotopic (exact) mass is 585 g/mol. The minimum Gasteiger partial charge on any atom is -0.361 e. The maximum absolute atomic E-state index is 14.5. The van der Waals surface area contributed by atoms with Crippen LogP contribution in [0.25, 0.3) is 44.4 Å². The van der Waals surface area contributed by atoms with Gasteiger partial charge in [0.15, 0.2) is 5.43 Å². The highest BCUT2D eigenvalue weighted by atomic mass is 35.5. The standard InChI is InChI=1S/C33H24ClN7O2/c1-20(39-32-28-25(42)14-15-35-31(28)37-19-38-32)30-29(34)24-11-7-10-23(21-12-13-26(36-18-21)40-16-5-6-17-40)27(24)33(43)41(30)22-8-3-2-4-9-22/h2-20H,1H3,(H2,35,37,38,39,42)/t20-/m0/s1. The van der Waals surface area contributed by atoms with Gasteiger partial charge in [0.1, 0.15) is 29.0 Å². The Balaban J connectivity index is 1.43. The van der Waals surface area contributed by atoms with Crippen molar-refractivity contribution in [3.8, 4) is 22.6 Å². The van der Waals surface area contributed by atoms with Crippen LogP contribution in [-0.4, -0.2) is 29.1 Å². The number of nitrogens with one attached hydrogen (secondary N) is 2. The fourth-order valence-corrected chi connectivity index (χ4v) is 5.86. The van der Waals surface area contributed by atoms with Crippen molar-refractivity contribution in [1.82, 2.24) is 29.1 Å². The van der Waals surface area contributed by atoms with E-state index in [1.54, 1.807) is 17.0 Å². The van der Waals surface area contributed by atoms with Crippen LogP contribution in [0.15, 0.2) is 120 Å². The van der Waals surface area contributed by atoms with E-state index < -0.39 is 6.04 Å². The second-order valence-corrected chi connectivity index (χ2v) is 10.4. The number of benzene rings is 2. The first-order valence-corrected chi connectivity index (χ1v) is 14.0. The zero-order valence-electron chi connectivity index (χ0n) is 22.9. The number of pyridine rings is 3. The second kappa shape index (κ2) is 10.7. The SMILES string of the molecule is C[C@H](Nc1ncnc2[nH]ccc(=O)c12)c1c(Cl)c2cccc(-c3ccc(-n4cccc4)nc3)c2c(=O)n1-c1ccccc1. The molecule has 0 saturated heterocycles. The van der Waals surface area contributed by atoms with Gasteiger partial charge in [-0.25, -0.2) is 15.0 Å². The average molecular weight is 586 g/mol. The third-order valence-corrected chi connectivity index (χ3v) is 7.83. The maximum atomic E-state index is 14.5. The molecule has 9 nitrogen and oxygen atoms in total. The molecule has 0 aliphatic rings. The zero-order valence-corrected chi connectivity index (χ0v) is 23.7. The molecule has 0 unspecified atom stereocenters. The Labute approximate surface area is 250 Å².